The van der Waals surface area contributed by atoms with E-state index in [2.05, 4.69) is 15.0 Å². The maximum atomic E-state index is 12.1. The van der Waals surface area contributed by atoms with E-state index < -0.39 is 10.0 Å². The van der Waals surface area contributed by atoms with Crippen molar-refractivity contribution < 1.29 is 8.42 Å². The average molecular weight is 311 g/mol. The normalized spacial score (nSPS) is 11.7. The van der Waals surface area contributed by atoms with Gasteiger partial charge in [-0.25, -0.2) is 18.1 Å². The van der Waals surface area contributed by atoms with Gasteiger partial charge in [-0.15, -0.1) is 0 Å². The Hall–Kier alpha value is -1.28. The average Bonchev–Trinajstić information content (AvgIpc) is 2.97. The third-order valence-corrected chi connectivity index (χ3v) is 4.75. The summed E-state index contributed by atoms with van der Waals surface area (Å²) in [5.74, 6) is 0. The van der Waals surface area contributed by atoms with Crippen LogP contribution < -0.4 is 10.0 Å². The van der Waals surface area contributed by atoms with Crippen LogP contribution >= 0.6 is 11.3 Å². The Balaban J connectivity index is 2.01. The molecule has 0 radical (unpaired) electrons. The summed E-state index contributed by atoms with van der Waals surface area (Å²) in [6, 6.07) is 5.19. The first-order chi connectivity index (χ1) is 9.62. The van der Waals surface area contributed by atoms with E-state index >= 15 is 0 Å². The zero-order valence-electron chi connectivity index (χ0n) is 11.2. The van der Waals surface area contributed by atoms with Crippen molar-refractivity contribution in [3.63, 3.8) is 0 Å². The van der Waals surface area contributed by atoms with Crippen molar-refractivity contribution in [1.82, 2.24) is 15.0 Å². The van der Waals surface area contributed by atoms with Gasteiger partial charge in [0.2, 0.25) is 0 Å². The Kier molecular flexibility index (Phi) is 5.24. The van der Waals surface area contributed by atoms with Gasteiger partial charge in [0.05, 0.1) is 0 Å². The minimum atomic E-state index is -3.55. The fourth-order valence-corrected chi connectivity index (χ4v) is 3.20. The van der Waals surface area contributed by atoms with E-state index in [4.69, 9.17) is 0 Å². The monoisotopic (exact) mass is 311 g/mol. The molecule has 0 aliphatic carbocycles. The Morgan fingerprint density at radius 1 is 1.20 bits per heavy atom. The van der Waals surface area contributed by atoms with Crippen molar-refractivity contribution in [2.45, 2.75) is 25.0 Å². The third kappa shape index (κ3) is 4.11. The van der Waals surface area contributed by atoms with Crippen molar-refractivity contribution in [3.8, 4) is 0 Å². The lowest BCUT2D eigenvalue weighted by molar-refractivity contribution is 0.577. The molecule has 20 heavy (non-hydrogen) atoms. The van der Waals surface area contributed by atoms with Crippen LogP contribution in [0.3, 0.4) is 0 Å². The highest BCUT2D eigenvalue weighted by Crippen LogP contribution is 2.09. The molecule has 0 saturated carbocycles. The van der Waals surface area contributed by atoms with Gasteiger partial charge >= 0.3 is 0 Å². The number of aromatic nitrogens is 1. The molecule has 0 bridgehead atoms. The first kappa shape index (κ1) is 15.1. The van der Waals surface area contributed by atoms with E-state index in [9.17, 15) is 8.42 Å². The van der Waals surface area contributed by atoms with Crippen LogP contribution in [0.2, 0.25) is 0 Å². The zero-order valence-corrected chi connectivity index (χ0v) is 12.8. The standard InChI is InChI=1S/C13H17N3O2S2/c1-2-14-7-11-3-4-13(15-8-11)20(17,18)16-9-12-5-6-19-10-12/h3-6,8,10,14,16H,2,7,9H2,1H3. The van der Waals surface area contributed by atoms with E-state index in [0.717, 1.165) is 17.7 Å². The predicted molar refractivity (Wildman–Crippen MR) is 80.0 cm³/mol. The van der Waals surface area contributed by atoms with E-state index in [1.54, 1.807) is 12.3 Å². The van der Waals surface area contributed by atoms with Crippen LogP contribution in [0.1, 0.15) is 18.1 Å². The molecule has 0 atom stereocenters. The molecule has 7 heteroatoms. The minimum Gasteiger partial charge on any atom is -0.313 e. The zero-order chi connectivity index (χ0) is 14.4. The molecule has 2 rings (SSSR count). The third-order valence-electron chi connectivity index (χ3n) is 2.70. The second-order valence-electron chi connectivity index (χ2n) is 4.24. The van der Waals surface area contributed by atoms with Gasteiger partial charge in [0.25, 0.3) is 10.0 Å². The van der Waals surface area contributed by atoms with E-state index in [1.807, 2.05) is 23.8 Å². The summed E-state index contributed by atoms with van der Waals surface area (Å²) < 4.78 is 26.7. The number of rotatable bonds is 7. The number of nitrogens with zero attached hydrogens (tertiary/aromatic N) is 1. The summed E-state index contributed by atoms with van der Waals surface area (Å²) >= 11 is 1.54. The van der Waals surface area contributed by atoms with Gasteiger partial charge < -0.3 is 5.32 Å². The predicted octanol–water partition coefficient (Wildman–Crippen LogP) is 1.73. The quantitative estimate of drug-likeness (QED) is 0.817. The summed E-state index contributed by atoms with van der Waals surface area (Å²) in [6.45, 7) is 3.85. The van der Waals surface area contributed by atoms with Crippen LogP contribution in [-0.4, -0.2) is 19.9 Å². The van der Waals surface area contributed by atoms with Crippen LogP contribution in [0.15, 0.2) is 40.2 Å². The van der Waals surface area contributed by atoms with Gasteiger partial charge in [-0.1, -0.05) is 13.0 Å². The van der Waals surface area contributed by atoms with Gasteiger partial charge in [-0.3, -0.25) is 0 Å². The summed E-state index contributed by atoms with van der Waals surface area (Å²) in [6.07, 6.45) is 1.59. The SMILES string of the molecule is CCNCc1ccc(S(=O)(=O)NCc2ccsc2)nc1. The largest absolute Gasteiger partial charge is 0.313 e. The number of nitrogens with one attached hydrogen (secondary N) is 2. The molecular weight excluding hydrogens is 294 g/mol. The van der Waals surface area contributed by atoms with E-state index in [1.165, 1.54) is 17.4 Å². The van der Waals surface area contributed by atoms with Gasteiger partial charge in [0, 0.05) is 19.3 Å². The Labute approximate surface area is 123 Å². The summed E-state index contributed by atoms with van der Waals surface area (Å²) in [5, 5.41) is 7.04. The molecular formula is C13H17N3O2S2. The molecule has 0 spiro atoms. The van der Waals surface area contributed by atoms with Gasteiger partial charge in [0.1, 0.15) is 0 Å². The Morgan fingerprint density at radius 2 is 2.05 bits per heavy atom. The lowest BCUT2D eigenvalue weighted by atomic mass is 10.3. The van der Waals surface area contributed by atoms with Crippen LogP contribution in [0.25, 0.3) is 0 Å². The summed E-state index contributed by atoms with van der Waals surface area (Å²) in [4.78, 5) is 4.02. The molecule has 0 aromatic carbocycles. The number of sulfonamides is 1. The lowest BCUT2D eigenvalue weighted by Gasteiger charge is -2.06. The van der Waals surface area contributed by atoms with Crippen molar-refractivity contribution in [3.05, 3.63) is 46.3 Å². The van der Waals surface area contributed by atoms with Crippen LogP contribution in [0.5, 0.6) is 0 Å². The van der Waals surface area contributed by atoms with Crippen molar-refractivity contribution in [1.29, 1.82) is 0 Å². The Morgan fingerprint density at radius 3 is 2.65 bits per heavy atom. The molecule has 0 fully saturated rings. The maximum Gasteiger partial charge on any atom is 0.258 e. The van der Waals surface area contributed by atoms with Crippen LogP contribution in [0, 0.1) is 0 Å². The number of hydrogen-bond acceptors (Lipinski definition) is 5. The molecule has 0 aliphatic heterocycles. The highest BCUT2D eigenvalue weighted by molar-refractivity contribution is 7.89. The molecule has 0 aliphatic rings. The first-order valence-corrected chi connectivity index (χ1v) is 8.71. The highest BCUT2D eigenvalue weighted by atomic mass is 32.2. The van der Waals surface area contributed by atoms with Crippen molar-refractivity contribution in [2.75, 3.05) is 6.54 Å². The number of pyridine rings is 1. The lowest BCUT2D eigenvalue weighted by Crippen LogP contribution is -2.24. The van der Waals surface area contributed by atoms with Gasteiger partial charge in [-0.2, -0.15) is 11.3 Å². The molecule has 0 unspecified atom stereocenters. The molecule has 2 aromatic heterocycles. The topological polar surface area (TPSA) is 71.1 Å². The fourth-order valence-electron chi connectivity index (χ4n) is 1.59. The first-order valence-electron chi connectivity index (χ1n) is 6.28. The van der Waals surface area contributed by atoms with Crippen LogP contribution in [-0.2, 0) is 23.1 Å². The number of thiophene rings is 1. The fraction of sp³-hybridized carbons (Fsp3) is 0.308. The molecule has 0 amide bonds. The van der Waals surface area contributed by atoms with Crippen LogP contribution in [0.4, 0.5) is 0 Å². The maximum absolute atomic E-state index is 12.1. The smallest absolute Gasteiger partial charge is 0.258 e. The summed E-state index contributed by atoms with van der Waals surface area (Å²) in [5.41, 5.74) is 1.91. The van der Waals surface area contributed by atoms with E-state index in [-0.39, 0.29) is 11.6 Å². The molecule has 2 heterocycles. The molecule has 2 aromatic rings. The molecule has 5 nitrogen and oxygen atoms in total. The second-order valence-corrected chi connectivity index (χ2v) is 6.74. The second kappa shape index (κ2) is 6.94. The molecule has 108 valence electrons. The van der Waals surface area contributed by atoms with Gasteiger partial charge in [-0.05, 0) is 40.6 Å². The Bertz CT molecular complexity index is 622. The highest BCUT2D eigenvalue weighted by Gasteiger charge is 2.15. The van der Waals surface area contributed by atoms with Gasteiger partial charge in [0.15, 0.2) is 5.03 Å². The van der Waals surface area contributed by atoms with Crippen molar-refractivity contribution >= 4 is 21.4 Å². The molecule has 0 saturated heterocycles. The number of hydrogen-bond donors (Lipinski definition) is 2. The van der Waals surface area contributed by atoms with Crippen molar-refractivity contribution in [2.24, 2.45) is 0 Å². The minimum absolute atomic E-state index is 0.0491. The molecule has 2 N–H and O–H groups in total. The van der Waals surface area contributed by atoms with E-state index in [0.29, 0.717) is 6.54 Å². The summed E-state index contributed by atoms with van der Waals surface area (Å²) in [7, 11) is -3.55.